The van der Waals surface area contributed by atoms with E-state index in [1.54, 1.807) is 25.1 Å². The summed E-state index contributed by atoms with van der Waals surface area (Å²) in [7, 11) is 0. The third kappa shape index (κ3) is 5.03. The molecule has 1 aliphatic heterocycles. The highest BCUT2D eigenvalue weighted by Gasteiger charge is 2.42. The molecule has 0 saturated carbocycles. The average molecular weight is 467 g/mol. The highest BCUT2D eigenvalue weighted by Crippen LogP contribution is 2.31. The smallest absolute Gasteiger partial charge is 0.388 e. The number of ether oxygens (including phenoxy) is 2. The van der Waals surface area contributed by atoms with Crippen LogP contribution in [0.2, 0.25) is 0 Å². The molecule has 0 radical (unpaired) electrons. The molecule has 33 heavy (non-hydrogen) atoms. The Morgan fingerprint density at radius 3 is 2.94 bits per heavy atom. The predicted molar refractivity (Wildman–Crippen MR) is 110 cm³/mol. The van der Waals surface area contributed by atoms with Crippen LogP contribution in [0.25, 0.3) is 11.0 Å². The number of halogens is 4. The van der Waals surface area contributed by atoms with Gasteiger partial charge in [0.25, 0.3) is 11.8 Å². The minimum Gasteiger partial charge on any atom is -0.489 e. The van der Waals surface area contributed by atoms with Gasteiger partial charge in [-0.3, -0.25) is 4.79 Å². The van der Waals surface area contributed by atoms with E-state index in [2.05, 4.69) is 20.4 Å². The van der Waals surface area contributed by atoms with Crippen molar-refractivity contribution in [1.29, 1.82) is 0 Å². The van der Waals surface area contributed by atoms with E-state index in [1.165, 1.54) is 18.3 Å². The van der Waals surface area contributed by atoms with Gasteiger partial charge in [-0.05, 0) is 50.2 Å². The van der Waals surface area contributed by atoms with E-state index >= 15 is 0 Å². The zero-order valence-electron chi connectivity index (χ0n) is 17.5. The minimum atomic E-state index is -3.07. The van der Waals surface area contributed by atoms with E-state index in [0.717, 1.165) is 0 Å². The van der Waals surface area contributed by atoms with Crippen molar-refractivity contribution < 1.29 is 36.2 Å². The fraction of sp³-hybridized carbons (Fsp3) is 0.364. The zero-order chi connectivity index (χ0) is 23.6. The van der Waals surface area contributed by atoms with Gasteiger partial charge < -0.3 is 24.5 Å². The molecule has 1 saturated heterocycles. The van der Waals surface area contributed by atoms with Crippen LogP contribution in [0.5, 0.6) is 11.6 Å². The zero-order valence-corrected chi connectivity index (χ0v) is 17.5. The number of carbonyl (C=O) groups is 1. The van der Waals surface area contributed by atoms with Crippen LogP contribution >= 0.6 is 0 Å². The lowest BCUT2D eigenvalue weighted by Gasteiger charge is -2.32. The summed E-state index contributed by atoms with van der Waals surface area (Å²) in [5, 5.41) is 5.42. The largest absolute Gasteiger partial charge is 0.489 e. The standard InChI is InChI=1S/C22H21F4N3O4/c1-12-18(19(30)29-17-6-8-27-11-22(17,25)26)15-9-14(4-5-16(15)32-12)31-10-13-3-2-7-28-20(13)33-21(23)24/h2-5,7,9,17,21,27H,6,8,10-11H2,1H3,(H,29,30). The molecule has 1 aliphatic rings. The van der Waals surface area contributed by atoms with Gasteiger partial charge in [0.2, 0.25) is 5.88 Å². The molecular weight excluding hydrogens is 446 g/mol. The van der Waals surface area contributed by atoms with Gasteiger partial charge >= 0.3 is 6.61 Å². The average Bonchev–Trinajstić information content (AvgIpc) is 3.09. The van der Waals surface area contributed by atoms with E-state index < -0.39 is 31.0 Å². The molecule has 7 nitrogen and oxygen atoms in total. The summed E-state index contributed by atoms with van der Waals surface area (Å²) >= 11 is 0. The number of piperidine rings is 1. The number of hydrogen-bond acceptors (Lipinski definition) is 6. The van der Waals surface area contributed by atoms with Gasteiger partial charge in [-0.1, -0.05) is 0 Å². The first-order valence-corrected chi connectivity index (χ1v) is 10.2. The number of rotatable bonds is 7. The molecule has 4 rings (SSSR count). The molecule has 3 aromatic rings. The second-order valence-electron chi connectivity index (χ2n) is 7.58. The number of benzene rings is 1. The van der Waals surface area contributed by atoms with Crippen molar-refractivity contribution >= 4 is 16.9 Å². The van der Waals surface area contributed by atoms with E-state index in [-0.39, 0.29) is 30.2 Å². The van der Waals surface area contributed by atoms with Crippen LogP contribution in [-0.4, -0.2) is 42.6 Å². The highest BCUT2D eigenvalue weighted by atomic mass is 19.3. The summed E-state index contributed by atoms with van der Waals surface area (Å²) in [4.78, 5) is 16.6. The summed E-state index contributed by atoms with van der Waals surface area (Å²) < 4.78 is 69.1. The van der Waals surface area contributed by atoms with Crippen LogP contribution in [-0.2, 0) is 6.61 Å². The van der Waals surface area contributed by atoms with Crippen molar-refractivity contribution in [2.75, 3.05) is 13.1 Å². The summed E-state index contributed by atoms with van der Waals surface area (Å²) in [5.74, 6) is -3.41. The molecule has 0 spiro atoms. The van der Waals surface area contributed by atoms with Crippen molar-refractivity contribution in [3.63, 3.8) is 0 Å². The number of nitrogens with zero attached hydrogens (tertiary/aromatic N) is 1. The lowest BCUT2D eigenvalue weighted by atomic mass is 10.0. The van der Waals surface area contributed by atoms with E-state index in [1.807, 2.05) is 0 Å². The normalized spacial score (nSPS) is 17.8. The van der Waals surface area contributed by atoms with Crippen LogP contribution < -0.4 is 20.1 Å². The molecule has 1 amide bonds. The number of amides is 1. The van der Waals surface area contributed by atoms with E-state index in [4.69, 9.17) is 9.15 Å². The van der Waals surface area contributed by atoms with Crippen LogP contribution in [0.3, 0.4) is 0 Å². The van der Waals surface area contributed by atoms with E-state index in [0.29, 0.717) is 28.8 Å². The monoisotopic (exact) mass is 467 g/mol. The molecule has 1 atom stereocenters. The van der Waals surface area contributed by atoms with Crippen molar-refractivity contribution in [1.82, 2.24) is 15.6 Å². The van der Waals surface area contributed by atoms with Crippen molar-refractivity contribution in [2.24, 2.45) is 0 Å². The van der Waals surface area contributed by atoms with Gasteiger partial charge in [-0.25, -0.2) is 13.8 Å². The number of fused-ring (bicyclic) bond motifs is 1. The Bertz CT molecular complexity index is 1150. The molecular formula is C22H21F4N3O4. The maximum atomic E-state index is 14.1. The number of aryl methyl sites for hydroxylation is 1. The number of nitrogens with one attached hydrogen (secondary N) is 2. The van der Waals surface area contributed by atoms with Crippen molar-refractivity contribution in [2.45, 2.75) is 38.5 Å². The number of carbonyl (C=O) groups excluding carboxylic acids is 1. The summed E-state index contributed by atoms with van der Waals surface area (Å²) in [6.45, 7) is -1.72. The fourth-order valence-electron chi connectivity index (χ4n) is 3.70. The van der Waals surface area contributed by atoms with Gasteiger partial charge in [0.15, 0.2) is 0 Å². The minimum absolute atomic E-state index is 0.0933. The van der Waals surface area contributed by atoms with Gasteiger partial charge in [0.1, 0.15) is 23.7 Å². The van der Waals surface area contributed by atoms with E-state index in [9.17, 15) is 22.4 Å². The summed E-state index contributed by atoms with van der Waals surface area (Å²) in [5.41, 5.74) is 0.811. The molecule has 1 fully saturated rings. The number of furan rings is 1. The van der Waals surface area contributed by atoms with Crippen LogP contribution in [0.15, 0.2) is 40.9 Å². The third-order valence-electron chi connectivity index (χ3n) is 5.29. The molecule has 0 aliphatic carbocycles. The van der Waals surface area contributed by atoms with Gasteiger partial charge in [-0.2, -0.15) is 8.78 Å². The number of pyridine rings is 1. The molecule has 2 aromatic heterocycles. The maximum absolute atomic E-state index is 14.1. The molecule has 11 heteroatoms. The third-order valence-corrected chi connectivity index (χ3v) is 5.29. The first kappa shape index (κ1) is 22.8. The lowest BCUT2D eigenvalue weighted by molar-refractivity contribution is -0.0539. The van der Waals surface area contributed by atoms with Gasteiger partial charge in [0.05, 0.1) is 23.7 Å². The first-order valence-electron chi connectivity index (χ1n) is 10.2. The SMILES string of the molecule is Cc1oc2ccc(OCc3cccnc3OC(F)F)cc2c1C(=O)NC1CCNCC1(F)F. The molecule has 1 aromatic carbocycles. The number of hydrogen-bond donors (Lipinski definition) is 2. The van der Waals surface area contributed by atoms with Crippen molar-refractivity contribution in [3.8, 4) is 11.6 Å². The second kappa shape index (κ2) is 9.26. The molecule has 0 bridgehead atoms. The predicted octanol–water partition coefficient (Wildman–Crippen LogP) is 4.04. The van der Waals surface area contributed by atoms with Gasteiger partial charge in [-0.15, -0.1) is 0 Å². The first-order chi connectivity index (χ1) is 15.7. The Morgan fingerprint density at radius 2 is 2.18 bits per heavy atom. The summed E-state index contributed by atoms with van der Waals surface area (Å²) in [6.07, 6.45) is 1.41. The molecule has 2 N–H and O–H groups in total. The number of alkyl halides is 4. The number of aromatic nitrogens is 1. The van der Waals surface area contributed by atoms with Gasteiger partial charge in [0, 0.05) is 11.6 Å². The molecule has 176 valence electrons. The topological polar surface area (TPSA) is 85.6 Å². The highest BCUT2D eigenvalue weighted by molar-refractivity contribution is 6.07. The van der Waals surface area contributed by atoms with Crippen LogP contribution in [0.1, 0.15) is 28.1 Å². The Hall–Kier alpha value is -3.34. The Morgan fingerprint density at radius 1 is 1.36 bits per heavy atom. The summed E-state index contributed by atoms with van der Waals surface area (Å²) in [6, 6.07) is 6.48. The maximum Gasteiger partial charge on any atom is 0.388 e. The Labute approximate surface area is 186 Å². The fourth-order valence-corrected chi connectivity index (χ4v) is 3.70. The lowest BCUT2D eigenvalue weighted by Crippen LogP contribution is -2.57. The van der Waals surface area contributed by atoms with Crippen LogP contribution in [0.4, 0.5) is 17.6 Å². The Kier molecular flexibility index (Phi) is 6.41. The second-order valence-corrected chi connectivity index (χ2v) is 7.58. The van der Waals surface area contributed by atoms with Crippen LogP contribution in [0, 0.1) is 6.92 Å². The molecule has 3 heterocycles. The molecule has 1 unspecified atom stereocenters. The quantitative estimate of drug-likeness (QED) is 0.510. The Balaban J connectivity index is 1.55. The van der Waals surface area contributed by atoms with Crippen molar-refractivity contribution in [3.05, 3.63) is 53.4 Å².